The molecule has 0 radical (unpaired) electrons. The molecule has 2 aliphatic rings. The third kappa shape index (κ3) is 5.25. The van der Waals surface area contributed by atoms with Crippen molar-refractivity contribution in [2.24, 2.45) is 0 Å². The van der Waals surface area contributed by atoms with Gasteiger partial charge in [0.05, 0.1) is 21.0 Å². The predicted octanol–water partition coefficient (Wildman–Crippen LogP) is 3.42. The first-order valence-corrected chi connectivity index (χ1v) is 11.4. The van der Waals surface area contributed by atoms with E-state index in [1.165, 1.54) is 7.11 Å². The Labute approximate surface area is 194 Å². The molecule has 0 aromatic heterocycles. The highest BCUT2D eigenvalue weighted by Crippen LogP contribution is 2.37. The minimum atomic E-state index is -0.518. The molecule has 2 aliphatic heterocycles. The molecule has 0 bridgehead atoms. The van der Waals surface area contributed by atoms with E-state index in [1.807, 2.05) is 0 Å². The maximum atomic E-state index is 12.7. The maximum Gasteiger partial charge on any atom is 0.343 e. The molecule has 0 unspecified atom stereocenters. The van der Waals surface area contributed by atoms with E-state index in [2.05, 4.69) is 36.6 Å². The van der Waals surface area contributed by atoms with Crippen LogP contribution < -0.4 is 4.74 Å². The lowest BCUT2D eigenvalue weighted by Crippen LogP contribution is -2.40. The topological polar surface area (TPSA) is 93.2 Å². The van der Waals surface area contributed by atoms with Gasteiger partial charge in [0, 0.05) is 13.1 Å². The van der Waals surface area contributed by atoms with Crippen LogP contribution in [-0.4, -0.2) is 66.2 Å². The summed E-state index contributed by atoms with van der Waals surface area (Å²) in [5.41, 5.74) is 0.635. The normalized spacial score (nSPS) is 17.8. The lowest BCUT2D eigenvalue weighted by Gasteiger charge is -2.18. The van der Waals surface area contributed by atoms with Crippen LogP contribution >= 0.6 is 43.6 Å². The fourth-order valence-corrected chi connectivity index (χ4v) is 5.27. The molecular weight excluding hydrogens is 544 g/mol. The minimum Gasteiger partial charge on any atom is -0.480 e. The third-order valence-electron chi connectivity index (χ3n) is 4.51. The van der Waals surface area contributed by atoms with Crippen LogP contribution in [0.15, 0.2) is 26.0 Å². The van der Waals surface area contributed by atoms with E-state index in [0.717, 1.165) is 29.5 Å². The summed E-state index contributed by atoms with van der Waals surface area (Å²) < 4.78 is 11.1. The highest BCUT2D eigenvalue weighted by atomic mass is 79.9. The molecule has 2 heterocycles. The van der Waals surface area contributed by atoms with Crippen molar-refractivity contribution in [1.82, 2.24) is 9.80 Å². The molecular formula is C19H18Br2N2O6S. The molecule has 0 saturated carbocycles. The summed E-state index contributed by atoms with van der Waals surface area (Å²) in [5, 5.41) is -0.463. The Bertz CT molecular complexity index is 907. The Balaban J connectivity index is 1.73. The number of ether oxygens (including phenoxy) is 2. The van der Waals surface area contributed by atoms with Gasteiger partial charge in [-0.05, 0) is 80.2 Å². The van der Waals surface area contributed by atoms with E-state index in [4.69, 9.17) is 4.74 Å². The van der Waals surface area contributed by atoms with Crippen LogP contribution in [0.25, 0.3) is 6.08 Å². The van der Waals surface area contributed by atoms with Crippen molar-refractivity contribution in [3.05, 3.63) is 31.5 Å². The summed E-state index contributed by atoms with van der Waals surface area (Å²) in [7, 11) is 1.27. The average Bonchev–Trinajstić information content (AvgIpc) is 3.32. The van der Waals surface area contributed by atoms with Crippen molar-refractivity contribution < 1.29 is 28.7 Å². The molecule has 30 heavy (non-hydrogen) atoms. The van der Waals surface area contributed by atoms with Crippen LogP contribution in [0, 0.1) is 0 Å². The van der Waals surface area contributed by atoms with Gasteiger partial charge in [0.2, 0.25) is 5.91 Å². The summed E-state index contributed by atoms with van der Waals surface area (Å²) in [5.74, 6) is -0.818. The van der Waals surface area contributed by atoms with Gasteiger partial charge in [0.15, 0.2) is 6.61 Å². The number of halogens is 2. The molecule has 8 nitrogen and oxygen atoms in total. The standard InChI is InChI=1S/C19H18Br2N2O6S/c1-28-16(25)10-29-17-12(20)6-11(7-13(17)21)8-14-18(26)23(19(27)30-14)9-15(24)22-4-2-3-5-22/h6-8H,2-5,9-10H2,1H3/b14-8+. The van der Waals surface area contributed by atoms with Crippen molar-refractivity contribution in [2.75, 3.05) is 33.4 Å². The van der Waals surface area contributed by atoms with E-state index >= 15 is 0 Å². The van der Waals surface area contributed by atoms with E-state index < -0.39 is 17.1 Å². The number of carbonyl (C=O) groups excluding carboxylic acids is 4. The van der Waals surface area contributed by atoms with Gasteiger partial charge in [-0.25, -0.2) is 4.79 Å². The first kappa shape index (κ1) is 22.8. The lowest BCUT2D eigenvalue weighted by molar-refractivity contribution is -0.143. The van der Waals surface area contributed by atoms with E-state index in [1.54, 1.807) is 23.1 Å². The predicted molar refractivity (Wildman–Crippen MR) is 118 cm³/mol. The molecule has 2 fully saturated rings. The Morgan fingerprint density at radius 1 is 1.17 bits per heavy atom. The van der Waals surface area contributed by atoms with Crippen molar-refractivity contribution in [3.63, 3.8) is 0 Å². The van der Waals surface area contributed by atoms with Gasteiger partial charge in [-0.2, -0.15) is 0 Å². The lowest BCUT2D eigenvalue weighted by atomic mass is 10.2. The second-order valence-electron chi connectivity index (χ2n) is 6.53. The summed E-state index contributed by atoms with van der Waals surface area (Å²) in [6.45, 7) is 0.835. The van der Waals surface area contributed by atoms with Gasteiger partial charge in [-0.15, -0.1) is 0 Å². The van der Waals surface area contributed by atoms with Gasteiger partial charge >= 0.3 is 5.97 Å². The van der Waals surface area contributed by atoms with Crippen LogP contribution in [-0.2, 0) is 19.1 Å². The number of thioether (sulfide) groups is 1. The Morgan fingerprint density at radius 3 is 2.40 bits per heavy atom. The van der Waals surface area contributed by atoms with Crippen LogP contribution in [0.5, 0.6) is 5.75 Å². The summed E-state index contributed by atoms with van der Waals surface area (Å²) in [6, 6.07) is 3.39. The van der Waals surface area contributed by atoms with Crippen LogP contribution in [0.2, 0.25) is 0 Å². The van der Waals surface area contributed by atoms with E-state index in [0.29, 0.717) is 33.3 Å². The monoisotopic (exact) mass is 560 g/mol. The van der Waals surface area contributed by atoms with Crippen LogP contribution in [0.3, 0.4) is 0 Å². The summed E-state index contributed by atoms with van der Waals surface area (Å²) >= 11 is 7.55. The zero-order valence-electron chi connectivity index (χ0n) is 16.0. The largest absolute Gasteiger partial charge is 0.480 e. The Kier molecular flexibility index (Phi) is 7.59. The number of imide groups is 1. The molecule has 160 valence electrons. The molecule has 11 heteroatoms. The second-order valence-corrected chi connectivity index (χ2v) is 9.24. The number of hydrogen-bond donors (Lipinski definition) is 0. The highest BCUT2D eigenvalue weighted by molar-refractivity contribution is 9.11. The van der Waals surface area contributed by atoms with Crippen molar-refractivity contribution in [3.8, 4) is 5.75 Å². The molecule has 1 aromatic rings. The van der Waals surface area contributed by atoms with Gasteiger partial charge in [-0.3, -0.25) is 19.3 Å². The maximum absolute atomic E-state index is 12.7. The Hall–Kier alpha value is -1.85. The third-order valence-corrected chi connectivity index (χ3v) is 6.59. The van der Waals surface area contributed by atoms with Crippen LogP contribution in [0.1, 0.15) is 18.4 Å². The number of hydrogen-bond acceptors (Lipinski definition) is 7. The molecule has 0 atom stereocenters. The number of amides is 3. The number of nitrogens with zero attached hydrogens (tertiary/aromatic N) is 2. The number of benzene rings is 1. The quantitative estimate of drug-likeness (QED) is 0.388. The fraction of sp³-hybridized carbons (Fsp3) is 0.368. The zero-order chi connectivity index (χ0) is 21.8. The number of methoxy groups -OCH3 is 1. The SMILES string of the molecule is COC(=O)COc1c(Br)cc(/C=C2/SC(=O)N(CC(=O)N3CCCC3)C2=O)cc1Br. The van der Waals surface area contributed by atoms with E-state index in [-0.39, 0.29) is 24.0 Å². The molecule has 3 amide bonds. The number of rotatable bonds is 6. The molecule has 0 spiro atoms. The highest BCUT2D eigenvalue weighted by Gasteiger charge is 2.37. The van der Waals surface area contributed by atoms with Crippen molar-refractivity contribution >= 4 is 72.7 Å². The van der Waals surface area contributed by atoms with Gasteiger partial charge in [0.25, 0.3) is 11.1 Å². The first-order valence-electron chi connectivity index (χ1n) is 9.02. The molecule has 2 saturated heterocycles. The van der Waals surface area contributed by atoms with E-state index in [9.17, 15) is 19.2 Å². The second kappa shape index (κ2) is 9.97. The number of likely N-dealkylation sites (tertiary alicyclic amines) is 1. The van der Waals surface area contributed by atoms with Gasteiger partial charge in [-0.1, -0.05) is 0 Å². The van der Waals surface area contributed by atoms with Gasteiger partial charge < -0.3 is 14.4 Å². The van der Waals surface area contributed by atoms with Gasteiger partial charge in [0.1, 0.15) is 12.3 Å². The average molecular weight is 562 g/mol. The zero-order valence-corrected chi connectivity index (χ0v) is 20.0. The minimum absolute atomic E-state index is 0.214. The first-order chi connectivity index (χ1) is 14.3. The molecule has 1 aromatic carbocycles. The fourth-order valence-electron chi connectivity index (χ4n) is 2.98. The number of esters is 1. The molecule has 0 aliphatic carbocycles. The van der Waals surface area contributed by atoms with Crippen molar-refractivity contribution in [2.45, 2.75) is 12.8 Å². The smallest absolute Gasteiger partial charge is 0.343 e. The molecule has 0 N–H and O–H groups in total. The number of carbonyl (C=O) groups is 4. The summed E-state index contributed by atoms with van der Waals surface area (Å²) in [4.78, 5) is 51.4. The van der Waals surface area contributed by atoms with Crippen LogP contribution in [0.4, 0.5) is 4.79 Å². The Morgan fingerprint density at radius 2 is 1.80 bits per heavy atom. The summed E-state index contributed by atoms with van der Waals surface area (Å²) in [6.07, 6.45) is 3.46. The molecule has 3 rings (SSSR count). The van der Waals surface area contributed by atoms with Crippen molar-refractivity contribution in [1.29, 1.82) is 0 Å².